The normalized spacial score (nSPS) is 11.4. The molecule has 0 atom stereocenters. The second-order valence-electron chi connectivity index (χ2n) is 3.49. The van der Waals surface area contributed by atoms with E-state index in [-0.39, 0.29) is 12.8 Å². The van der Waals surface area contributed by atoms with Gasteiger partial charge in [-0.15, -0.1) is 0 Å². The van der Waals surface area contributed by atoms with Crippen LogP contribution in [0.2, 0.25) is 0 Å². The molecular formula is C8H13F4NO3. The van der Waals surface area contributed by atoms with Crippen molar-refractivity contribution in [2.24, 2.45) is 5.73 Å². The first kappa shape index (κ1) is 17.1. The maximum atomic E-state index is 12.5. The van der Waals surface area contributed by atoms with Crippen LogP contribution in [0.3, 0.4) is 0 Å². The molecule has 0 aliphatic heterocycles. The lowest BCUT2D eigenvalue weighted by Crippen LogP contribution is -2.21. The highest BCUT2D eigenvalue weighted by Crippen LogP contribution is 2.15. The smallest absolute Gasteiger partial charge is 0.475 e. The predicted octanol–water partition coefficient (Wildman–Crippen LogP) is 1.63. The number of hydrogen-bond donors (Lipinski definition) is 2. The third-order valence-electron chi connectivity index (χ3n) is 1.21. The van der Waals surface area contributed by atoms with Gasteiger partial charge < -0.3 is 10.8 Å². The zero-order valence-corrected chi connectivity index (χ0v) is 8.77. The van der Waals surface area contributed by atoms with E-state index in [1.165, 1.54) is 13.8 Å². The number of carbonyl (C=O) groups is 2. The quantitative estimate of drug-likeness (QED) is 0.744. The lowest BCUT2D eigenvalue weighted by atomic mass is 10.1. The van der Waals surface area contributed by atoms with Gasteiger partial charge in [-0.05, 0) is 20.3 Å². The van der Waals surface area contributed by atoms with Crippen molar-refractivity contribution in [1.29, 1.82) is 0 Å². The molecule has 0 fully saturated rings. The molecule has 0 spiro atoms. The van der Waals surface area contributed by atoms with E-state index >= 15 is 0 Å². The number of carboxylic acid groups (broad SMARTS) is 1. The summed E-state index contributed by atoms with van der Waals surface area (Å²) in [4.78, 5) is 19.0. The van der Waals surface area contributed by atoms with Gasteiger partial charge in [0.25, 0.3) is 0 Å². The van der Waals surface area contributed by atoms with Gasteiger partial charge in [-0.1, -0.05) is 0 Å². The van der Waals surface area contributed by atoms with E-state index in [4.69, 9.17) is 15.6 Å². The Hall–Kier alpha value is -1.34. The van der Waals surface area contributed by atoms with Gasteiger partial charge in [-0.2, -0.15) is 13.2 Å². The second-order valence-corrected chi connectivity index (χ2v) is 3.49. The molecule has 0 unspecified atom stereocenters. The number of amides is 1. The van der Waals surface area contributed by atoms with Crippen molar-refractivity contribution in [1.82, 2.24) is 0 Å². The number of carbonyl (C=O) groups excluding carboxylic acids is 1. The summed E-state index contributed by atoms with van der Waals surface area (Å²) in [5.41, 5.74) is 3.53. The number of aliphatic carboxylic acids is 1. The average Bonchev–Trinajstić information content (AvgIpc) is 1.99. The van der Waals surface area contributed by atoms with Crippen molar-refractivity contribution >= 4 is 11.9 Å². The summed E-state index contributed by atoms with van der Waals surface area (Å²) in [6.07, 6.45) is -4.74. The van der Waals surface area contributed by atoms with Crippen molar-refractivity contribution in [2.75, 3.05) is 0 Å². The van der Waals surface area contributed by atoms with Gasteiger partial charge in [-0.3, -0.25) is 4.79 Å². The summed E-state index contributed by atoms with van der Waals surface area (Å²) in [5.74, 6) is -3.20. The van der Waals surface area contributed by atoms with Gasteiger partial charge in [-0.25, -0.2) is 9.18 Å². The molecule has 0 aromatic rings. The van der Waals surface area contributed by atoms with Crippen molar-refractivity contribution in [3.8, 4) is 0 Å². The molecule has 0 aliphatic carbocycles. The summed E-state index contributed by atoms with van der Waals surface area (Å²) in [6.45, 7) is 2.85. The fourth-order valence-corrected chi connectivity index (χ4v) is 0.420. The van der Waals surface area contributed by atoms with Gasteiger partial charge in [0.05, 0.1) is 0 Å². The van der Waals surface area contributed by atoms with Crippen molar-refractivity contribution < 1.29 is 32.3 Å². The van der Waals surface area contributed by atoms with E-state index in [1.54, 1.807) is 0 Å². The Bertz CT molecular complexity index is 245. The zero-order chi connectivity index (χ0) is 13.6. The Morgan fingerprint density at radius 2 is 1.50 bits per heavy atom. The maximum Gasteiger partial charge on any atom is 0.490 e. The summed E-state index contributed by atoms with van der Waals surface area (Å²) >= 11 is 0. The number of rotatable bonds is 3. The van der Waals surface area contributed by atoms with Gasteiger partial charge in [0.2, 0.25) is 5.91 Å². The third kappa shape index (κ3) is 15.1. The maximum absolute atomic E-state index is 12.5. The molecule has 8 heteroatoms. The molecule has 0 aromatic heterocycles. The molecule has 96 valence electrons. The summed E-state index contributed by atoms with van der Waals surface area (Å²) in [7, 11) is 0. The SMILES string of the molecule is CC(C)(F)CCC(N)=O.O=C(O)C(F)(F)F. The number of primary amides is 1. The lowest BCUT2D eigenvalue weighted by Gasteiger charge is -2.10. The third-order valence-corrected chi connectivity index (χ3v) is 1.21. The molecule has 0 saturated carbocycles. The molecule has 0 rings (SSSR count). The number of hydrogen-bond acceptors (Lipinski definition) is 2. The molecule has 16 heavy (non-hydrogen) atoms. The molecule has 0 aromatic carbocycles. The van der Waals surface area contributed by atoms with Crippen LogP contribution in [0.4, 0.5) is 17.6 Å². The molecule has 4 nitrogen and oxygen atoms in total. The highest BCUT2D eigenvalue weighted by molar-refractivity contribution is 5.73. The molecular weight excluding hydrogens is 234 g/mol. The van der Waals surface area contributed by atoms with Crippen LogP contribution in [0.15, 0.2) is 0 Å². The van der Waals surface area contributed by atoms with E-state index < -0.39 is 23.7 Å². The first-order valence-electron chi connectivity index (χ1n) is 4.13. The van der Waals surface area contributed by atoms with Gasteiger partial charge >= 0.3 is 12.1 Å². The zero-order valence-electron chi connectivity index (χ0n) is 8.77. The van der Waals surface area contributed by atoms with Crippen LogP contribution in [-0.4, -0.2) is 28.8 Å². The number of halogens is 4. The molecule has 0 aliphatic rings. The van der Waals surface area contributed by atoms with Crippen molar-refractivity contribution in [3.05, 3.63) is 0 Å². The largest absolute Gasteiger partial charge is 0.490 e. The van der Waals surface area contributed by atoms with Crippen LogP contribution in [0.25, 0.3) is 0 Å². The first-order valence-corrected chi connectivity index (χ1v) is 4.13. The van der Waals surface area contributed by atoms with Crippen molar-refractivity contribution in [3.63, 3.8) is 0 Å². The Morgan fingerprint density at radius 3 is 1.56 bits per heavy atom. The van der Waals surface area contributed by atoms with Crippen LogP contribution < -0.4 is 5.73 Å². The Labute approximate surface area is 89.4 Å². The molecule has 0 bridgehead atoms. The summed E-state index contributed by atoms with van der Waals surface area (Å²) < 4.78 is 44.3. The Morgan fingerprint density at radius 1 is 1.19 bits per heavy atom. The highest BCUT2D eigenvalue weighted by atomic mass is 19.4. The average molecular weight is 247 g/mol. The van der Waals surface area contributed by atoms with Crippen LogP contribution in [0.1, 0.15) is 26.7 Å². The number of alkyl halides is 4. The van der Waals surface area contributed by atoms with Crippen LogP contribution in [0, 0.1) is 0 Å². The minimum atomic E-state index is -5.08. The van der Waals surface area contributed by atoms with E-state index in [0.29, 0.717) is 0 Å². The molecule has 3 N–H and O–H groups in total. The number of carboxylic acids is 1. The minimum absolute atomic E-state index is 0.128. The topological polar surface area (TPSA) is 80.4 Å². The molecule has 0 heterocycles. The first-order chi connectivity index (χ1) is 6.86. The summed E-state index contributed by atoms with van der Waals surface area (Å²) in [6, 6.07) is 0. The lowest BCUT2D eigenvalue weighted by molar-refractivity contribution is -0.192. The fourth-order valence-electron chi connectivity index (χ4n) is 0.420. The number of nitrogens with two attached hydrogens (primary N) is 1. The van der Waals surface area contributed by atoms with Crippen LogP contribution in [-0.2, 0) is 9.59 Å². The standard InChI is InChI=1S/C6H12FNO.C2HF3O2/c1-6(2,7)4-3-5(8)9;3-2(4,5)1(6)7/h3-4H2,1-2H3,(H2,8,9);(H,6,7). The van der Waals surface area contributed by atoms with Crippen molar-refractivity contribution in [2.45, 2.75) is 38.5 Å². The van der Waals surface area contributed by atoms with Crippen LogP contribution in [0.5, 0.6) is 0 Å². The monoisotopic (exact) mass is 247 g/mol. The molecule has 0 saturated heterocycles. The van der Waals surface area contributed by atoms with E-state index in [9.17, 15) is 22.4 Å². The summed E-state index contributed by atoms with van der Waals surface area (Å²) in [5, 5.41) is 7.12. The van der Waals surface area contributed by atoms with Gasteiger partial charge in [0.15, 0.2) is 0 Å². The van der Waals surface area contributed by atoms with E-state index in [2.05, 4.69) is 0 Å². The van der Waals surface area contributed by atoms with Gasteiger partial charge in [0, 0.05) is 6.42 Å². The van der Waals surface area contributed by atoms with E-state index in [1.807, 2.05) is 0 Å². The Kier molecular flexibility index (Phi) is 6.71. The second kappa shape index (κ2) is 6.29. The van der Waals surface area contributed by atoms with Crippen LogP contribution >= 0.6 is 0 Å². The minimum Gasteiger partial charge on any atom is -0.475 e. The fraction of sp³-hybridized carbons (Fsp3) is 0.750. The van der Waals surface area contributed by atoms with E-state index in [0.717, 1.165) is 0 Å². The molecule has 1 amide bonds. The van der Waals surface area contributed by atoms with Gasteiger partial charge in [0.1, 0.15) is 5.67 Å². The molecule has 0 radical (unpaired) electrons. The highest BCUT2D eigenvalue weighted by Gasteiger charge is 2.38. The predicted molar refractivity (Wildman–Crippen MR) is 47.3 cm³/mol. The Balaban J connectivity index is 0.